The van der Waals surface area contributed by atoms with Crippen molar-refractivity contribution in [3.05, 3.63) is 59.4 Å². The molecule has 0 bridgehead atoms. The SMILES string of the molecule is Cc1cccc(Oc2cccc(F)c2CC(C)N)c1. The van der Waals surface area contributed by atoms with E-state index in [1.54, 1.807) is 12.1 Å². The summed E-state index contributed by atoms with van der Waals surface area (Å²) in [5.74, 6) is 0.960. The van der Waals surface area contributed by atoms with Crippen molar-refractivity contribution in [3.63, 3.8) is 0 Å². The van der Waals surface area contributed by atoms with Gasteiger partial charge in [0.05, 0.1) is 0 Å². The van der Waals surface area contributed by atoms with Crippen LogP contribution in [0.5, 0.6) is 11.5 Å². The van der Waals surface area contributed by atoms with E-state index in [0.717, 1.165) is 5.56 Å². The van der Waals surface area contributed by atoms with Gasteiger partial charge in [-0.3, -0.25) is 0 Å². The van der Waals surface area contributed by atoms with Crippen LogP contribution < -0.4 is 10.5 Å². The lowest BCUT2D eigenvalue weighted by atomic mass is 10.1. The highest BCUT2D eigenvalue weighted by Gasteiger charge is 2.12. The van der Waals surface area contributed by atoms with Crippen molar-refractivity contribution in [3.8, 4) is 11.5 Å². The van der Waals surface area contributed by atoms with Crippen molar-refractivity contribution in [2.45, 2.75) is 26.3 Å². The van der Waals surface area contributed by atoms with Crippen LogP contribution in [0.1, 0.15) is 18.1 Å². The second kappa shape index (κ2) is 5.85. The average Bonchev–Trinajstić information content (AvgIpc) is 2.33. The van der Waals surface area contributed by atoms with Crippen LogP contribution >= 0.6 is 0 Å². The first kappa shape index (κ1) is 13.6. The van der Waals surface area contributed by atoms with Crippen molar-refractivity contribution >= 4 is 0 Å². The molecule has 2 aromatic carbocycles. The molecule has 2 nitrogen and oxygen atoms in total. The van der Waals surface area contributed by atoms with Gasteiger partial charge in [-0.15, -0.1) is 0 Å². The third-order valence-corrected chi connectivity index (χ3v) is 2.82. The van der Waals surface area contributed by atoms with Crippen LogP contribution in [0.2, 0.25) is 0 Å². The molecule has 0 aliphatic carbocycles. The van der Waals surface area contributed by atoms with Gasteiger partial charge in [-0.2, -0.15) is 0 Å². The molecule has 1 unspecified atom stereocenters. The number of benzene rings is 2. The highest BCUT2D eigenvalue weighted by molar-refractivity contribution is 5.40. The summed E-state index contributed by atoms with van der Waals surface area (Å²) in [6.45, 7) is 3.84. The summed E-state index contributed by atoms with van der Waals surface area (Å²) < 4.78 is 19.6. The molecule has 2 aromatic rings. The quantitative estimate of drug-likeness (QED) is 0.906. The molecule has 0 radical (unpaired) electrons. The maximum Gasteiger partial charge on any atom is 0.133 e. The molecule has 19 heavy (non-hydrogen) atoms. The summed E-state index contributed by atoms with van der Waals surface area (Å²) >= 11 is 0. The molecule has 100 valence electrons. The van der Waals surface area contributed by atoms with Crippen molar-refractivity contribution in [1.29, 1.82) is 0 Å². The molecule has 3 heteroatoms. The molecule has 0 saturated carbocycles. The predicted octanol–water partition coefficient (Wildman–Crippen LogP) is 3.82. The van der Waals surface area contributed by atoms with Gasteiger partial charge >= 0.3 is 0 Å². The molecular formula is C16H18FNO. The summed E-state index contributed by atoms with van der Waals surface area (Å²) in [5, 5.41) is 0. The van der Waals surface area contributed by atoms with Crippen molar-refractivity contribution < 1.29 is 9.13 Å². The zero-order valence-electron chi connectivity index (χ0n) is 11.2. The fourth-order valence-electron chi connectivity index (χ4n) is 1.96. The van der Waals surface area contributed by atoms with E-state index in [1.807, 2.05) is 38.1 Å². The lowest BCUT2D eigenvalue weighted by Crippen LogP contribution is -2.19. The Morgan fingerprint density at radius 1 is 1.21 bits per heavy atom. The second-order valence-corrected chi connectivity index (χ2v) is 4.82. The molecule has 0 heterocycles. The number of halogens is 1. The number of aryl methyl sites for hydroxylation is 1. The standard InChI is InChI=1S/C16H18FNO/c1-11-5-3-6-13(9-11)19-16-8-4-7-15(17)14(16)10-12(2)18/h3-9,12H,10,18H2,1-2H3. The average molecular weight is 259 g/mol. The van der Waals surface area contributed by atoms with Crippen LogP contribution in [0, 0.1) is 12.7 Å². The van der Waals surface area contributed by atoms with E-state index in [1.165, 1.54) is 6.07 Å². The van der Waals surface area contributed by atoms with Gasteiger partial charge in [-0.05, 0) is 50.1 Å². The van der Waals surface area contributed by atoms with Gasteiger partial charge in [0.1, 0.15) is 17.3 Å². The largest absolute Gasteiger partial charge is 0.457 e. The Balaban J connectivity index is 2.31. The Morgan fingerprint density at radius 2 is 1.95 bits per heavy atom. The van der Waals surface area contributed by atoms with Gasteiger partial charge in [0.15, 0.2) is 0 Å². The first-order valence-electron chi connectivity index (χ1n) is 6.34. The Labute approximate surface area is 113 Å². The third-order valence-electron chi connectivity index (χ3n) is 2.82. The summed E-state index contributed by atoms with van der Waals surface area (Å²) in [6.07, 6.45) is 0.452. The zero-order chi connectivity index (χ0) is 13.8. The van der Waals surface area contributed by atoms with Gasteiger partial charge in [-0.25, -0.2) is 4.39 Å². The number of nitrogens with two attached hydrogens (primary N) is 1. The van der Waals surface area contributed by atoms with Gasteiger partial charge < -0.3 is 10.5 Å². The Bertz CT molecular complexity index is 566. The topological polar surface area (TPSA) is 35.2 Å². The van der Waals surface area contributed by atoms with Crippen LogP contribution in [-0.2, 0) is 6.42 Å². The monoisotopic (exact) mass is 259 g/mol. The van der Waals surface area contributed by atoms with E-state index in [-0.39, 0.29) is 11.9 Å². The maximum atomic E-state index is 13.9. The molecular weight excluding hydrogens is 241 g/mol. The Hall–Kier alpha value is -1.87. The van der Waals surface area contributed by atoms with Crippen molar-refractivity contribution in [2.75, 3.05) is 0 Å². The van der Waals surface area contributed by atoms with Gasteiger partial charge in [0.25, 0.3) is 0 Å². The number of ether oxygens (including phenoxy) is 1. The van der Waals surface area contributed by atoms with E-state index < -0.39 is 0 Å². The normalized spacial score (nSPS) is 12.2. The highest BCUT2D eigenvalue weighted by atomic mass is 19.1. The molecule has 0 spiro atoms. The minimum Gasteiger partial charge on any atom is -0.457 e. The smallest absolute Gasteiger partial charge is 0.133 e. The molecule has 2 N–H and O–H groups in total. The van der Waals surface area contributed by atoms with Gasteiger partial charge in [0.2, 0.25) is 0 Å². The maximum absolute atomic E-state index is 13.9. The first-order chi connectivity index (χ1) is 9.06. The number of rotatable bonds is 4. The number of hydrogen-bond donors (Lipinski definition) is 1. The Kier molecular flexibility index (Phi) is 4.17. The molecule has 0 aromatic heterocycles. The fourth-order valence-corrected chi connectivity index (χ4v) is 1.96. The number of hydrogen-bond acceptors (Lipinski definition) is 2. The lowest BCUT2D eigenvalue weighted by molar-refractivity contribution is 0.463. The first-order valence-corrected chi connectivity index (χ1v) is 6.34. The molecule has 0 amide bonds. The second-order valence-electron chi connectivity index (χ2n) is 4.82. The zero-order valence-corrected chi connectivity index (χ0v) is 11.2. The molecule has 2 rings (SSSR count). The van der Waals surface area contributed by atoms with Crippen LogP contribution in [0.4, 0.5) is 4.39 Å². The molecule has 0 aliphatic rings. The van der Waals surface area contributed by atoms with E-state index in [2.05, 4.69) is 0 Å². The highest BCUT2D eigenvalue weighted by Crippen LogP contribution is 2.28. The van der Waals surface area contributed by atoms with E-state index in [9.17, 15) is 4.39 Å². The summed E-state index contributed by atoms with van der Waals surface area (Å²) in [6, 6.07) is 12.4. The van der Waals surface area contributed by atoms with E-state index in [0.29, 0.717) is 23.5 Å². The van der Waals surface area contributed by atoms with Gasteiger partial charge in [-0.1, -0.05) is 18.2 Å². The minimum atomic E-state index is -0.276. The fraction of sp³-hybridized carbons (Fsp3) is 0.250. The van der Waals surface area contributed by atoms with E-state index in [4.69, 9.17) is 10.5 Å². The van der Waals surface area contributed by atoms with Crippen molar-refractivity contribution in [1.82, 2.24) is 0 Å². The molecule has 0 aliphatic heterocycles. The van der Waals surface area contributed by atoms with Gasteiger partial charge in [0, 0.05) is 11.6 Å². The summed E-state index contributed by atoms with van der Waals surface area (Å²) in [5.41, 5.74) is 7.38. The predicted molar refractivity (Wildman–Crippen MR) is 75.0 cm³/mol. The van der Waals surface area contributed by atoms with Crippen LogP contribution in [-0.4, -0.2) is 6.04 Å². The Morgan fingerprint density at radius 3 is 2.63 bits per heavy atom. The lowest BCUT2D eigenvalue weighted by Gasteiger charge is -2.14. The van der Waals surface area contributed by atoms with Crippen LogP contribution in [0.15, 0.2) is 42.5 Å². The molecule has 0 saturated heterocycles. The minimum absolute atomic E-state index is 0.114. The third kappa shape index (κ3) is 3.55. The van der Waals surface area contributed by atoms with Crippen LogP contribution in [0.25, 0.3) is 0 Å². The molecule has 0 fully saturated rings. The molecule has 1 atom stereocenters. The summed E-state index contributed by atoms with van der Waals surface area (Å²) in [4.78, 5) is 0. The summed E-state index contributed by atoms with van der Waals surface area (Å²) in [7, 11) is 0. The van der Waals surface area contributed by atoms with E-state index >= 15 is 0 Å². The van der Waals surface area contributed by atoms with Crippen LogP contribution in [0.3, 0.4) is 0 Å². The van der Waals surface area contributed by atoms with Crippen molar-refractivity contribution in [2.24, 2.45) is 5.73 Å².